The highest BCUT2D eigenvalue weighted by Gasteiger charge is 2.53. The molecule has 0 saturated heterocycles. The van der Waals surface area contributed by atoms with Gasteiger partial charge in [-0.15, -0.1) is 12.4 Å². The number of carbonyl (C=O) groups excluding carboxylic acids is 1. The van der Waals surface area contributed by atoms with Crippen LogP contribution >= 0.6 is 12.4 Å². The van der Waals surface area contributed by atoms with E-state index in [4.69, 9.17) is 5.73 Å². The molecule has 5 atom stereocenters. The number of nitrogens with one attached hydrogen (secondary N) is 1. The summed E-state index contributed by atoms with van der Waals surface area (Å²) in [5.41, 5.74) is 7.43. The van der Waals surface area contributed by atoms with E-state index in [9.17, 15) is 4.79 Å². The molecule has 0 radical (unpaired) electrons. The first-order valence-electron chi connectivity index (χ1n) is 8.36. The van der Waals surface area contributed by atoms with Gasteiger partial charge in [0.05, 0.1) is 0 Å². The van der Waals surface area contributed by atoms with E-state index >= 15 is 0 Å². The summed E-state index contributed by atoms with van der Waals surface area (Å²) >= 11 is 0. The Morgan fingerprint density at radius 3 is 2.55 bits per heavy atom. The molecule has 1 aromatic carbocycles. The number of hydrogen-bond acceptors (Lipinski definition) is 2. The van der Waals surface area contributed by atoms with E-state index in [2.05, 4.69) is 5.32 Å². The van der Waals surface area contributed by atoms with E-state index in [1.165, 1.54) is 32.1 Å². The normalized spacial score (nSPS) is 35.0. The average Bonchev–Trinajstić information content (AvgIpc) is 3.19. The first-order valence-corrected chi connectivity index (χ1v) is 8.36. The topological polar surface area (TPSA) is 55.1 Å². The van der Waals surface area contributed by atoms with Crippen LogP contribution in [-0.2, 0) is 6.54 Å². The van der Waals surface area contributed by atoms with Crippen molar-refractivity contribution < 1.29 is 4.79 Å². The maximum absolute atomic E-state index is 12.4. The fourth-order valence-electron chi connectivity index (χ4n) is 5.28. The van der Waals surface area contributed by atoms with Crippen LogP contribution in [0.3, 0.4) is 0 Å². The largest absolute Gasteiger partial charge is 0.349 e. The van der Waals surface area contributed by atoms with Gasteiger partial charge in [0.25, 0.3) is 5.91 Å². The zero-order valence-corrected chi connectivity index (χ0v) is 13.6. The van der Waals surface area contributed by atoms with Gasteiger partial charge >= 0.3 is 0 Å². The Morgan fingerprint density at radius 2 is 1.82 bits per heavy atom. The van der Waals surface area contributed by atoms with Crippen LogP contribution in [0.2, 0.25) is 0 Å². The third-order valence-electron chi connectivity index (χ3n) is 6.20. The van der Waals surface area contributed by atoms with Gasteiger partial charge in [0.15, 0.2) is 0 Å². The Balaban J connectivity index is 0.00000144. The van der Waals surface area contributed by atoms with E-state index < -0.39 is 0 Å². The molecule has 0 aliphatic heterocycles. The van der Waals surface area contributed by atoms with E-state index in [0.717, 1.165) is 34.8 Å². The van der Waals surface area contributed by atoms with Gasteiger partial charge in [-0.3, -0.25) is 4.79 Å². The number of benzene rings is 1. The standard InChI is InChI=1S/C18H24N2O.ClH/c19-10-11-4-6-12(7-5-11)18(21)20-17-9-13-8-16(17)15-3-1-2-14(13)15;/h4-7,13-17H,1-3,8-10,19H2,(H,20,21);1H. The van der Waals surface area contributed by atoms with Gasteiger partial charge in [0, 0.05) is 18.2 Å². The van der Waals surface area contributed by atoms with Crippen LogP contribution in [0.5, 0.6) is 0 Å². The zero-order chi connectivity index (χ0) is 14.4. The number of halogens is 1. The molecule has 5 unspecified atom stereocenters. The van der Waals surface area contributed by atoms with Crippen molar-refractivity contribution in [2.75, 3.05) is 0 Å². The second-order valence-corrected chi connectivity index (χ2v) is 7.13. The van der Waals surface area contributed by atoms with Gasteiger partial charge in [0.1, 0.15) is 0 Å². The minimum absolute atomic E-state index is 0. The van der Waals surface area contributed by atoms with Crippen molar-refractivity contribution in [2.24, 2.45) is 29.4 Å². The molecule has 0 aromatic heterocycles. The van der Waals surface area contributed by atoms with Gasteiger partial charge in [-0.1, -0.05) is 18.6 Å². The summed E-state index contributed by atoms with van der Waals surface area (Å²) in [6.07, 6.45) is 6.80. The highest BCUT2D eigenvalue weighted by Crippen LogP contribution is 2.58. The van der Waals surface area contributed by atoms with Crippen LogP contribution in [0, 0.1) is 23.7 Å². The van der Waals surface area contributed by atoms with Crippen LogP contribution in [0.25, 0.3) is 0 Å². The number of carbonyl (C=O) groups is 1. The number of fused-ring (bicyclic) bond motifs is 5. The van der Waals surface area contributed by atoms with Gasteiger partial charge in [-0.25, -0.2) is 0 Å². The van der Waals surface area contributed by atoms with Crippen LogP contribution in [0.4, 0.5) is 0 Å². The summed E-state index contributed by atoms with van der Waals surface area (Å²) in [5.74, 6) is 3.59. The molecule has 3 nitrogen and oxygen atoms in total. The van der Waals surface area contributed by atoms with Crippen molar-refractivity contribution in [1.82, 2.24) is 5.32 Å². The molecule has 3 fully saturated rings. The smallest absolute Gasteiger partial charge is 0.251 e. The second kappa shape index (κ2) is 6.21. The molecule has 0 heterocycles. The first kappa shape index (κ1) is 15.8. The molecule has 1 amide bonds. The minimum Gasteiger partial charge on any atom is -0.349 e. The van der Waals surface area contributed by atoms with E-state index in [1.54, 1.807) is 0 Å². The maximum atomic E-state index is 12.4. The summed E-state index contributed by atoms with van der Waals surface area (Å²) in [6.45, 7) is 0.525. The molecule has 4 heteroatoms. The second-order valence-electron chi connectivity index (χ2n) is 7.13. The quantitative estimate of drug-likeness (QED) is 0.899. The van der Waals surface area contributed by atoms with Crippen LogP contribution in [0.15, 0.2) is 24.3 Å². The lowest BCUT2D eigenvalue weighted by Gasteiger charge is -2.32. The molecule has 4 rings (SSSR count). The van der Waals surface area contributed by atoms with Crippen molar-refractivity contribution >= 4 is 18.3 Å². The zero-order valence-electron chi connectivity index (χ0n) is 12.8. The molecule has 3 N–H and O–H groups in total. The van der Waals surface area contributed by atoms with E-state index in [-0.39, 0.29) is 18.3 Å². The Hall–Kier alpha value is -1.06. The van der Waals surface area contributed by atoms with Crippen molar-refractivity contribution in [2.45, 2.75) is 44.7 Å². The summed E-state index contributed by atoms with van der Waals surface area (Å²) < 4.78 is 0. The Kier molecular flexibility index (Phi) is 4.47. The van der Waals surface area contributed by atoms with Crippen LogP contribution in [-0.4, -0.2) is 11.9 Å². The summed E-state index contributed by atoms with van der Waals surface area (Å²) in [6, 6.07) is 8.09. The van der Waals surface area contributed by atoms with Crippen molar-refractivity contribution in [3.05, 3.63) is 35.4 Å². The van der Waals surface area contributed by atoms with Gasteiger partial charge < -0.3 is 11.1 Å². The van der Waals surface area contributed by atoms with Gasteiger partial charge in [-0.05, 0) is 67.1 Å². The molecule has 1 aromatic rings. The van der Waals surface area contributed by atoms with Crippen molar-refractivity contribution in [3.8, 4) is 0 Å². The predicted molar refractivity (Wildman–Crippen MR) is 89.9 cm³/mol. The molecule has 2 bridgehead atoms. The highest BCUT2D eigenvalue weighted by atomic mass is 35.5. The third-order valence-corrected chi connectivity index (χ3v) is 6.20. The Bertz CT molecular complexity index is 545. The monoisotopic (exact) mass is 320 g/mol. The molecule has 120 valence electrons. The molecule has 3 aliphatic carbocycles. The van der Waals surface area contributed by atoms with Crippen molar-refractivity contribution in [1.29, 1.82) is 0 Å². The first-order chi connectivity index (χ1) is 10.3. The number of hydrogen-bond donors (Lipinski definition) is 2. The Morgan fingerprint density at radius 1 is 1.09 bits per heavy atom. The summed E-state index contributed by atoms with van der Waals surface area (Å²) in [5, 5.41) is 3.31. The molecule has 0 spiro atoms. The highest BCUT2D eigenvalue weighted by molar-refractivity contribution is 5.94. The lowest BCUT2D eigenvalue weighted by Crippen LogP contribution is -2.42. The SMILES string of the molecule is Cl.NCc1ccc(C(=O)NC2CC3CC2C2CCCC32)cc1. The molecule has 3 saturated carbocycles. The number of amides is 1. The number of nitrogens with two attached hydrogens (primary N) is 1. The van der Waals surface area contributed by atoms with Crippen LogP contribution < -0.4 is 11.1 Å². The fraction of sp³-hybridized carbons (Fsp3) is 0.611. The predicted octanol–water partition coefficient (Wildman–Crippen LogP) is 3.12. The van der Waals surface area contributed by atoms with E-state index in [1.807, 2.05) is 24.3 Å². The van der Waals surface area contributed by atoms with Crippen LogP contribution in [0.1, 0.15) is 48.0 Å². The van der Waals surface area contributed by atoms with E-state index in [0.29, 0.717) is 12.6 Å². The van der Waals surface area contributed by atoms with Gasteiger partial charge in [0.2, 0.25) is 0 Å². The molecule has 3 aliphatic rings. The Labute approximate surface area is 138 Å². The molecule has 22 heavy (non-hydrogen) atoms. The number of rotatable bonds is 3. The molecular formula is C18H25ClN2O. The maximum Gasteiger partial charge on any atom is 0.251 e. The summed E-state index contributed by atoms with van der Waals surface area (Å²) in [7, 11) is 0. The van der Waals surface area contributed by atoms with Gasteiger partial charge in [-0.2, -0.15) is 0 Å². The molecular weight excluding hydrogens is 296 g/mol. The van der Waals surface area contributed by atoms with Crippen molar-refractivity contribution in [3.63, 3.8) is 0 Å². The lowest BCUT2D eigenvalue weighted by atomic mass is 9.79. The minimum atomic E-state index is 0. The third kappa shape index (κ3) is 2.55. The fourth-order valence-corrected chi connectivity index (χ4v) is 5.28. The lowest BCUT2D eigenvalue weighted by molar-refractivity contribution is 0.0901. The summed E-state index contributed by atoms with van der Waals surface area (Å²) in [4.78, 5) is 12.4. The average molecular weight is 321 g/mol.